The Morgan fingerprint density at radius 2 is 2.24 bits per heavy atom. The highest BCUT2D eigenvalue weighted by atomic mass is 19.1. The molecule has 1 aromatic rings. The number of hydrogen-bond donors (Lipinski definition) is 1. The van der Waals surface area contributed by atoms with E-state index in [0.717, 1.165) is 32.5 Å². The van der Waals surface area contributed by atoms with Crippen LogP contribution in [-0.4, -0.2) is 19.3 Å². The van der Waals surface area contributed by atoms with Crippen molar-refractivity contribution in [2.45, 2.75) is 37.8 Å². The molecule has 0 saturated carbocycles. The first-order valence-electron chi connectivity index (χ1n) is 6.45. The van der Waals surface area contributed by atoms with E-state index in [1.54, 1.807) is 12.1 Å². The summed E-state index contributed by atoms with van der Waals surface area (Å²) in [5.74, 6) is -0.120. The molecule has 0 aromatic heterocycles. The lowest BCUT2D eigenvalue weighted by Gasteiger charge is -2.27. The van der Waals surface area contributed by atoms with Crippen molar-refractivity contribution in [3.8, 4) is 0 Å². The number of rotatable bonds is 2. The van der Waals surface area contributed by atoms with E-state index < -0.39 is 0 Å². The largest absolute Gasteiger partial charge is 0.380 e. The lowest BCUT2D eigenvalue weighted by molar-refractivity contribution is 0.0663. The van der Waals surface area contributed by atoms with Gasteiger partial charge in [-0.1, -0.05) is 6.07 Å². The molecule has 2 nitrogen and oxygen atoms in total. The highest BCUT2D eigenvalue weighted by Gasteiger charge is 2.25. The Kier molecular flexibility index (Phi) is 3.12. The van der Waals surface area contributed by atoms with Gasteiger partial charge in [0.1, 0.15) is 5.82 Å². The Hall–Kier alpha value is -0.930. The second-order valence-electron chi connectivity index (χ2n) is 5.02. The molecule has 1 aromatic carbocycles. The summed E-state index contributed by atoms with van der Waals surface area (Å²) in [5.41, 5.74) is 2.44. The van der Waals surface area contributed by atoms with Crippen LogP contribution in [0, 0.1) is 5.82 Å². The molecule has 1 fully saturated rings. The van der Waals surface area contributed by atoms with Crippen LogP contribution in [0.3, 0.4) is 0 Å². The van der Waals surface area contributed by atoms with E-state index in [1.807, 2.05) is 6.07 Å². The third kappa shape index (κ3) is 2.35. The Morgan fingerprint density at radius 1 is 1.29 bits per heavy atom. The SMILES string of the molecule is Fc1ccc2c(c1)CCC2NC1CCCOC1. The van der Waals surface area contributed by atoms with Crippen molar-refractivity contribution in [3.05, 3.63) is 35.1 Å². The van der Waals surface area contributed by atoms with Crippen molar-refractivity contribution in [3.63, 3.8) is 0 Å². The van der Waals surface area contributed by atoms with Gasteiger partial charge in [-0.3, -0.25) is 0 Å². The number of aryl methyl sites for hydroxylation is 1. The number of hydrogen-bond acceptors (Lipinski definition) is 2. The molecule has 1 N–H and O–H groups in total. The van der Waals surface area contributed by atoms with Gasteiger partial charge in [0, 0.05) is 18.7 Å². The summed E-state index contributed by atoms with van der Waals surface area (Å²) in [5, 5.41) is 3.65. The quantitative estimate of drug-likeness (QED) is 0.850. The standard InChI is InChI=1S/C14H18FNO/c15-11-4-5-13-10(8-11)3-6-14(13)16-12-2-1-7-17-9-12/h4-5,8,12,14,16H,1-3,6-7,9H2. The van der Waals surface area contributed by atoms with Crippen LogP contribution < -0.4 is 5.32 Å². The van der Waals surface area contributed by atoms with Crippen molar-refractivity contribution < 1.29 is 9.13 Å². The van der Waals surface area contributed by atoms with Crippen molar-refractivity contribution >= 4 is 0 Å². The van der Waals surface area contributed by atoms with E-state index in [2.05, 4.69) is 5.32 Å². The van der Waals surface area contributed by atoms with Crippen molar-refractivity contribution in [1.82, 2.24) is 5.32 Å². The fraction of sp³-hybridized carbons (Fsp3) is 0.571. The van der Waals surface area contributed by atoms with Gasteiger partial charge < -0.3 is 10.1 Å². The summed E-state index contributed by atoms with van der Waals surface area (Å²) in [6.45, 7) is 1.71. The molecule has 1 aliphatic heterocycles. The number of ether oxygens (including phenoxy) is 1. The molecule has 2 unspecified atom stereocenters. The molecule has 2 aliphatic rings. The van der Waals surface area contributed by atoms with E-state index in [0.29, 0.717) is 12.1 Å². The summed E-state index contributed by atoms with van der Waals surface area (Å²) in [6, 6.07) is 6.02. The Balaban J connectivity index is 1.70. The van der Waals surface area contributed by atoms with Gasteiger partial charge in [-0.15, -0.1) is 0 Å². The zero-order chi connectivity index (χ0) is 11.7. The minimum Gasteiger partial charge on any atom is -0.380 e. The average molecular weight is 235 g/mol. The van der Waals surface area contributed by atoms with Crippen LogP contribution in [0.15, 0.2) is 18.2 Å². The van der Waals surface area contributed by atoms with E-state index in [-0.39, 0.29) is 5.82 Å². The zero-order valence-corrected chi connectivity index (χ0v) is 9.92. The molecule has 92 valence electrons. The van der Waals surface area contributed by atoms with Crippen molar-refractivity contribution in [1.29, 1.82) is 0 Å². The highest BCUT2D eigenvalue weighted by molar-refractivity contribution is 5.35. The molecular weight excluding hydrogens is 217 g/mol. The molecule has 2 atom stereocenters. The minimum absolute atomic E-state index is 0.120. The fourth-order valence-electron chi connectivity index (χ4n) is 2.92. The number of nitrogens with one attached hydrogen (secondary N) is 1. The van der Waals surface area contributed by atoms with Gasteiger partial charge >= 0.3 is 0 Å². The van der Waals surface area contributed by atoms with Gasteiger partial charge in [-0.25, -0.2) is 4.39 Å². The number of fused-ring (bicyclic) bond motifs is 1. The Labute approximate surface area is 101 Å². The summed E-state index contributed by atoms with van der Waals surface area (Å²) in [7, 11) is 0. The van der Waals surface area contributed by atoms with Crippen molar-refractivity contribution in [2.75, 3.05) is 13.2 Å². The third-order valence-electron chi connectivity index (χ3n) is 3.78. The second kappa shape index (κ2) is 4.75. The molecule has 0 spiro atoms. The molecule has 3 rings (SSSR count). The maximum Gasteiger partial charge on any atom is 0.123 e. The first kappa shape index (κ1) is 11.2. The van der Waals surface area contributed by atoms with Gasteiger partial charge in [0.05, 0.1) is 6.61 Å². The van der Waals surface area contributed by atoms with E-state index >= 15 is 0 Å². The van der Waals surface area contributed by atoms with Gasteiger partial charge in [-0.05, 0) is 48.9 Å². The maximum atomic E-state index is 13.1. The van der Waals surface area contributed by atoms with Crippen LogP contribution in [0.4, 0.5) is 4.39 Å². The summed E-state index contributed by atoms with van der Waals surface area (Å²) in [4.78, 5) is 0. The Morgan fingerprint density at radius 3 is 3.06 bits per heavy atom. The fourth-order valence-corrected chi connectivity index (χ4v) is 2.92. The third-order valence-corrected chi connectivity index (χ3v) is 3.78. The summed E-state index contributed by atoms with van der Waals surface area (Å²) >= 11 is 0. The Bertz CT molecular complexity index is 401. The topological polar surface area (TPSA) is 21.3 Å². The van der Waals surface area contributed by atoms with Gasteiger partial charge in [-0.2, -0.15) is 0 Å². The van der Waals surface area contributed by atoms with E-state index in [4.69, 9.17) is 4.74 Å². The molecule has 0 amide bonds. The molecule has 1 heterocycles. The summed E-state index contributed by atoms with van der Waals surface area (Å²) in [6.07, 6.45) is 4.39. The van der Waals surface area contributed by atoms with Crippen LogP contribution in [0.2, 0.25) is 0 Å². The average Bonchev–Trinajstić information content (AvgIpc) is 2.73. The van der Waals surface area contributed by atoms with Crippen LogP contribution in [-0.2, 0) is 11.2 Å². The molecule has 0 radical (unpaired) electrons. The monoisotopic (exact) mass is 235 g/mol. The molecular formula is C14H18FNO. The normalized spacial score (nSPS) is 28.1. The predicted octanol–water partition coefficient (Wildman–Crippen LogP) is 2.58. The van der Waals surface area contributed by atoms with Crippen LogP contribution in [0.5, 0.6) is 0 Å². The van der Waals surface area contributed by atoms with Gasteiger partial charge in [0.15, 0.2) is 0 Å². The second-order valence-corrected chi connectivity index (χ2v) is 5.02. The maximum absolute atomic E-state index is 13.1. The van der Waals surface area contributed by atoms with Crippen LogP contribution >= 0.6 is 0 Å². The molecule has 1 saturated heterocycles. The predicted molar refractivity (Wildman–Crippen MR) is 64.4 cm³/mol. The highest BCUT2D eigenvalue weighted by Crippen LogP contribution is 2.32. The van der Waals surface area contributed by atoms with Crippen molar-refractivity contribution in [2.24, 2.45) is 0 Å². The molecule has 17 heavy (non-hydrogen) atoms. The van der Waals surface area contributed by atoms with Gasteiger partial charge in [0.25, 0.3) is 0 Å². The minimum atomic E-state index is -0.120. The lowest BCUT2D eigenvalue weighted by Crippen LogP contribution is -2.38. The summed E-state index contributed by atoms with van der Waals surface area (Å²) < 4.78 is 18.6. The number of benzene rings is 1. The van der Waals surface area contributed by atoms with E-state index in [1.165, 1.54) is 17.5 Å². The lowest BCUT2D eigenvalue weighted by atomic mass is 10.0. The molecule has 0 bridgehead atoms. The van der Waals surface area contributed by atoms with E-state index in [9.17, 15) is 4.39 Å². The number of halogens is 1. The molecule has 1 aliphatic carbocycles. The van der Waals surface area contributed by atoms with Crippen LogP contribution in [0.1, 0.15) is 36.4 Å². The molecule has 3 heteroatoms. The smallest absolute Gasteiger partial charge is 0.123 e. The van der Waals surface area contributed by atoms with Crippen LogP contribution in [0.25, 0.3) is 0 Å². The zero-order valence-electron chi connectivity index (χ0n) is 9.92. The first-order chi connectivity index (χ1) is 8.33. The first-order valence-corrected chi connectivity index (χ1v) is 6.45. The van der Waals surface area contributed by atoms with Gasteiger partial charge in [0.2, 0.25) is 0 Å².